The van der Waals surface area contributed by atoms with Gasteiger partial charge in [-0.25, -0.2) is 0 Å². The largest absolute Gasteiger partial charge is 0.306 e. The normalized spacial score (nSPS) is 21.1. The fraction of sp³-hybridized carbons (Fsp3) is 0.571. The molecule has 1 N–H and O–H groups in total. The zero-order chi connectivity index (χ0) is 12.1. The van der Waals surface area contributed by atoms with E-state index in [1.165, 1.54) is 5.56 Å². The van der Waals surface area contributed by atoms with Gasteiger partial charge in [-0.05, 0) is 0 Å². The molecule has 1 aromatic carbocycles. The van der Waals surface area contributed by atoms with Gasteiger partial charge >= 0.3 is 0 Å². The number of hydrogen-bond acceptors (Lipinski definition) is 1. The number of benzene rings is 1. The van der Waals surface area contributed by atoms with E-state index in [1.807, 2.05) is 0 Å². The van der Waals surface area contributed by atoms with Gasteiger partial charge in [-0.3, -0.25) is 0 Å². The van der Waals surface area contributed by atoms with Crippen LogP contribution in [0.1, 0.15) is 18.9 Å². The summed E-state index contributed by atoms with van der Waals surface area (Å²) >= 11 is 6.60. The first-order valence-electron chi connectivity index (χ1n) is 6.51. The average Bonchev–Trinajstić information content (AvgIpc) is 2.40. The number of piperazine rings is 1. The molecular weight excluding hydrogens is 232 g/mol. The van der Waals surface area contributed by atoms with Gasteiger partial charge in [-0.15, -0.1) is 0 Å². The molecule has 0 saturated carbocycles. The number of rotatable bonds is 4. The highest BCUT2D eigenvalue weighted by molar-refractivity contribution is 6.19. The number of nitrogens with zero attached hydrogens (tertiary/aromatic N) is 1. The Hall–Kier alpha value is -0.570. The van der Waals surface area contributed by atoms with E-state index >= 15 is 0 Å². The number of alkyl halides is 1. The standard InChI is InChI=1S/C14H22ClN2/c1-2-14(15)17(10-8-16-9-11-17)12-13-6-4-3-5-7-13/h3-7,14,16H,2,8-12H2,1H3/q+1. The lowest BCUT2D eigenvalue weighted by Crippen LogP contribution is -2.61. The molecule has 17 heavy (non-hydrogen) atoms. The first-order valence-corrected chi connectivity index (χ1v) is 6.95. The predicted molar refractivity (Wildman–Crippen MR) is 72.9 cm³/mol. The van der Waals surface area contributed by atoms with Crippen LogP contribution in [-0.2, 0) is 6.54 Å². The lowest BCUT2D eigenvalue weighted by atomic mass is 10.1. The third-order valence-electron chi connectivity index (χ3n) is 3.74. The van der Waals surface area contributed by atoms with Gasteiger partial charge < -0.3 is 9.80 Å². The number of hydrogen-bond donors (Lipinski definition) is 1. The highest BCUT2D eigenvalue weighted by atomic mass is 35.5. The summed E-state index contributed by atoms with van der Waals surface area (Å²) in [7, 11) is 0. The first kappa shape index (κ1) is 12.9. The molecule has 3 heteroatoms. The maximum Gasteiger partial charge on any atom is 0.165 e. The van der Waals surface area contributed by atoms with Crippen LogP contribution in [0.15, 0.2) is 30.3 Å². The zero-order valence-corrected chi connectivity index (χ0v) is 11.3. The van der Waals surface area contributed by atoms with Crippen LogP contribution < -0.4 is 5.32 Å². The van der Waals surface area contributed by atoms with Crippen LogP contribution in [0, 0.1) is 0 Å². The van der Waals surface area contributed by atoms with Crippen LogP contribution in [0.25, 0.3) is 0 Å². The van der Waals surface area contributed by atoms with Crippen molar-refractivity contribution in [3.05, 3.63) is 35.9 Å². The molecule has 1 aliphatic heterocycles. The molecule has 0 radical (unpaired) electrons. The topological polar surface area (TPSA) is 12.0 Å². The summed E-state index contributed by atoms with van der Waals surface area (Å²) in [5, 5.41) is 3.43. The van der Waals surface area contributed by atoms with Gasteiger partial charge in [-0.1, -0.05) is 48.9 Å². The van der Waals surface area contributed by atoms with E-state index in [0.717, 1.165) is 43.6 Å². The minimum absolute atomic E-state index is 0.234. The molecule has 1 fully saturated rings. The molecular formula is C14H22ClN2+. The fourth-order valence-electron chi connectivity index (χ4n) is 2.71. The zero-order valence-electron chi connectivity index (χ0n) is 10.5. The van der Waals surface area contributed by atoms with Crippen LogP contribution in [0.2, 0.25) is 0 Å². The first-order chi connectivity index (χ1) is 8.27. The lowest BCUT2D eigenvalue weighted by Gasteiger charge is -2.44. The molecule has 0 aliphatic carbocycles. The van der Waals surface area contributed by atoms with Gasteiger partial charge in [0.15, 0.2) is 5.50 Å². The molecule has 94 valence electrons. The Labute approximate surface area is 109 Å². The molecule has 2 rings (SSSR count). The molecule has 2 nitrogen and oxygen atoms in total. The number of nitrogens with one attached hydrogen (secondary N) is 1. The Balaban J connectivity index is 2.15. The van der Waals surface area contributed by atoms with Gasteiger partial charge in [-0.2, -0.15) is 0 Å². The van der Waals surface area contributed by atoms with Crippen molar-refractivity contribution in [2.24, 2.45) is 0 Å². The van der Waals surface area contributed by atoms with Crippen LogP contribution >= 0.6 is 11.6 Å². The second-order valence-corrected chi connectivity index (χ2v) is 5.41. The molecule has 1 heterocycles. The maximum atomic E-state index is 6.60. The summed E-state index contributed by atoms with van der Waals surface area (Å²) in [5.41, 5.74) is 1.63. The molecule has 0 amide bonds. The van der Waals surface area contributed by atoms with Crippen molar-refractivity contribution in [2.45, 2.75) is 25.4 Å². The van der Waals surface area contributed by atoms with Crippen molar-refractivity contribution < 1.29 is 4.48 Å². The van der Waals surface area contributed by atoms with Crippen LogP contribution in [0.4, 0.5) is 0 Å². The van der Waals surface area contributed by atoms with Gasteiger partial charge in [0.25, 0.3) is 0 Å². The number of halogens is 1. The third kappa shape index (κ3) is 3.01. The van der Waals surface area contributed by atoms with E-state index in [0.29, 0.717) is 0 Å². The van der Waals surface area contributed by atoms with Crippen molar-refractivity contribution in [1.82, 2.24) is 5.32 Å². The van der Waals surface area contributed by atoms with Gasteiger partial charge in [0.05, 0.1) is 13.1 Å². The third-order valence-corrected chi connectivity index (χ3v) is 4.46. The van der Waals surface area contributed by atoms with E-state index in [4.69, 9.17) is 11.6 Å². The summed E-state index contributed by atoms with van der Waals surface area (Å²) in [4.78, 5) is 0. The maximum absolute atomic E-state index is 6.60. The van der Waals surface area contributed by atoms with E-state index in [-0.39, 0.29) is 5.50 Å². The summed E-state index contributed by atoms with van der Waals surface area (Å²) in [6, 6.07) is 10.7. The molecule has 1 aromatic rings. The predicted octanol–water partition coefficient (Wildman–Crippen LogP) is 2.58. The summed E-state index contributed by atoms with van der Waals surface area (Å²) < 4.78 is 1.02. The molecule has 0 aromatic heterocycles. The fourth-order valence-corrected chi connectivity index (χ4v) is 2.98. The highest BCUT2D eigenvalue weighted by Gasteiger charge is 2.36. The summed E-state index contributed by atoms with van der Waals surface area (Å²) in [6.45, 7) is 7.68. The molecule has 1 aliphatic rings. The lowest BCUT2D eigenvalue weighted by molar-refractivity contribution is -0.953. The summed E-state index contributed by atoms with van der Waals surface area (Å²) in [5.74, 6) is 0. The second kappa shape index (κ2) is 5.85. The van der Waals surface area contributed by atoms with Gasteiger partial charge in [0.1, 0.15) is 6.54 Å². The van der Waals surface area contributed by atoms with Crippen LogP contribution in [0.5, 0.6) is 0 Å². The SMILES string of the molecule is CCC(Cl)[N+]1(Cc2ccccc2)CCNCC1. The number of quaternary nitrogens is 1. The van der Waals surface area contributed by atoms with Crippen molar-refractivity contribution in [3.63, 3.8) is 0 Å². The Morgan fingerprint density at radius 1 is 1.24 bits per heavy atom. The molecule has 1 saturated heterocycles. The summed E-state index contributed by atoms with van der Waals surface area (Å²) in [6.07, 6.45) is 1.04. The van der Waals surface area contributed by atoms with Crippen molar-refractivity contribution in [3.8, 4) is 0 Å². The average molecular weight is 254 g/mol. The van der Waals surface area contributed by atoms with Crippen molar-refractivity contribution in [1.29, 1.82) is 0 Å². The van der Waals surface area contributed by atoms with Gasteiger partial charge in [0, 0.05) is 25.1 Å². The smallest absolute Gasteiger partial charge is 0.165 e. The molecule has 1 unspecified atom stereocenters. The quantitative estimate of drug-likeness (QED) is 0.494. The minimum Gasteiger partial charge on any atom is -0.306 e. The Bertz CT molecular complexity index is 333. The van der Waals surface area contributed by atoms with Crippen molar-refractivity contribution in [2.75, 3.05) is 26.2 Å². The Kier molecular flexibility index (Phi) is 4.43. The molecule has 0 bridgehead atoms. The van der Waals surface area contributed by atoms with Gasteiger partial charge in [0.2, 0.25) is 0 Å². The highest BCUT2D eigenvalue weighted by Crippen LogP contribution is 2.25. The minimum atomic E-state index is 0.234. The molecule has 1 atom stereocenters. The second-order valence-electron chi connectivity index (χ2n) is 4.90. The van der Waals surface area contributed by atoms with E-state index in [2.05, 4.69) is 42.6 Å². The Morgan fingerprint density at radius 2 is 1.88 bits per heavy atom. The van der Waals surface area contributed by atoms with Crippen LogP contribution in [0.3, 0.4) is 0 Å². The monoisotopic (exact) mass is 253 g/mol. The van der Waals surface area contributed by atoms with E-state index in [9.17, 15) is 0 Å². The Morgan fingerprint density at radius 3 is 2.47 bits per heavy atom. The van der Waals surface area contributed by atoms with Crippen molar-refractivity contribution >= 4 is 11.6 Å². The van der Waals surface area contributed by atoms with E-state index in [1.54, 1.807) is 0 Å². The van der Waals surface area contributed by atoms with E-state index < -0.39 is 0 Å². The van der Waals surface area contributed by atoms with Crippen LogP contribution in [-0.4, -0.2) is 36.2 Å². The molecule has 0 spiro atoms.